The minimum absolute atomic E-state index is 0.0173. The summed E-state index contributed by atoms with van der Waals surface area (Å²) < 4.78 is 0. The predicted octanol–water partition coefficient (Wildman–Crippen LogP) is 1.66. The second-order valence-electron chi connectivity index (χ2n) is 3.50. The SMILES string of the molecule is CC1=NC(C)C(=O)N1Nc1ccccc1. The van der Waals surface area contributed by atoms with E-state index in [9.17, 15) is 4.79 Å². The van der Waals surface area contributed by atoms with E-state index < -0.39 is 0 Å². The van der Waals surface area contributed by atoms with Crippen LogP contribution in [-0.4, -0.2) is 22.8 Å². The highest BCUT2D eigenvalue weighted by Crippen LogP contribution is 2.13. The quantitative estimate of drug-likeness (QED) is 0.794. The monoisotopic (exact) mass is 203 g/mol. The highest BCUT2D eigenvalue weighted by atomic mass is 16.2. The molecule has 0 saturated heterocycles. The van der Waals surface area contributed by atoms with Gasteiger partial charge in [0.25, 0.3) is 5.91 Å². The zero-order valence-corrected chi connectivity index (χ0v) is 8.77. The Morgan fingerprint density at radius 1 is 1.33 bits per heavy atom. The summed E-state index contributed by atoms with van der Waals surface area (Å²) >= 11 is 0. The molecule has 1 aromatic carbocycles. The molecule has 0 spiro atoms. The van der Waals surface area contributed by atoms with Gasteiger partial charge in [0.2, 0.25) is 0 Å². The van der Waals surface area contributed by atoms with Crippen LogP contribution >= 0.6 is 0 Å². The Bertz CT molecular complexity index is 400. The van der Waals surface area contributed by atoms with E-state index in [1.165, 1.54) is 5.01 Å². The Kier molecular flexibility index (Phi) is 2.41. The summed E-state index contributed by atoms with van der Waals surface area (Å²) in [4.78, 5) is 15.8. The molecule has 1 N–H and O–H groups in total. The maximum atomic E-state index is 11.7. The number of nitrogens with one attached hydrogen (secondary N) is 1. The standard InChI is InChI=1S/C11H13N3O/c1-8-11(15)14(9(2)12-8)13-10-6-4-3-5-7-10/h3-8,13H,1-2H3. The third kappa shape index (κ3) is 1.83. The van der Waals surface area contributed by atoms with Gasteiger partial charge < -0.3 is 0 Å². The molecule has 1 amide bonds. The maximum Gasteiger partial charge on any atom is 0.271 e. The summed E-state index contributed by atoms with van der Waals surface area (Å²) in [7, 11) is 0. The topological polar surface area (TPSA) is 44.7 Å². The lowest BCUT2D eigenvalue weighted by atomic mass is 10.3. The molecule has 1 aliphatic heterocycles. The molecular weight excluding hydrogens is 190 g/mol. The number of rotatable bonds is 2. The highest BCUT2D eigenvalue weighted by molar-refractivity contribution is 6.05. The van der Waals surface area contributed by atoms with Gasteiger partial charge in [0.15, 0.2) is 0 Å². The molecule has 1 unspecified atom stereocenters. The lowest BCUT2D eigenvalue weighted by molar-refractivity contribution is -0.126. The number of amides is 1. The first-order valence-corrected chi connectivity index (χ1v) is 4.88. The Labute approximate surface area is 88.6 Å². The molecule has 1 atom stereocenters. The van der Waals surface area contributed by atoms with Crippen molar-refractivity contribution in [1.82, 2.24) is 5.01 Å². The number of anilines is 1. The highest BCUT2D eigenvalue weighted by Gasteiger charge is 2.28. The normalized spacial score (nSPS) is 20.4. The molecule has 0 saturated carbocycles. The van der Waals surface area contributed by atoms with Crippen LogP contribution in [-0.2, 0) is 4.79 Å². The summed E-state index contributed by atoms with van der Waals surface area (Å²) in [5, 5.41) is 1.49. The number of hydrogen-bond donors (Lipinski definition) is 1. The van der Waals surface area contributed by atoms with Crippen LogP contribution in [0.25, 0.3) is 0 Å². The smallest absolute Gasteiger partial charge is 0.271 e. The number of hydrazine groups is 1. The van der Waals surface area contributed by atoms with E-state index in [-0.39, 0.29) is 11.9 Å². The van der Waals surface area contributed by atoms with E-state index in [0.717, 1.165) is 5.69 Å². The zero-order chi connectivity index (χ0) is 10.8. The van der Waals surface area contributed by atoms with Crippen molar-refractivity contribution in [3.63, 3.8) is 0 Å². The third-order valence-corrected chi connectivity index (χ3v) is 2.30. The van der Waals surface area contributed by atoms with Crippen molar-refractivity contribution in [2.24, 2.45) is 4.99 Å². The largest absolute Gasteiger partial charge is 0.290 e. The van der Waals surface area contributed by atoms with Crippen molar-refractivity contribution in [2.45, 2.75) is 19.9 Å². The van der Waals surface area contributed by atoms with E-state index in [2.05, 4.69) is 10.4 Å². The molecule has 0 radical (unpaired) electrons. The van der Waals surface area contributed by atoms with Crippen LogP contribution in [0.5, 0.6) is 0 Å². The van der Waals surface area contributed by atoms with E-state index in [1.807, 2.05) is 37.3 Å². The molecule has 4 heteroatoms. The first-order chi connectivity index (χ1) is 7.18. The second-order valence-corrected chi connectivity index (χ2v) is 3.50. The Hall–Kier alpha value is -1.84. The van der Waals surface area contributed by atoms with E-state index in [0.29, 0.717) is 5.84 Å². The van der Waals surface area contributed by atoms with Crippen LogP contribution in [0.2, 0.25) is 0 Å². The number of nitrogens with zero attached hydrogens (tertiary/aromatic N) is 2. The van der Waals surface area contributed by atoms with Gasteiger partial charge in [-0.3, -0.25) is 15.2 Å². The third-order valence-electron chi connectivity index (χ3n) is 2.30. The van der Waals surface area contributed by atoms with Gasteiger partial charge in [-0.05, 0) is 26.0 Å². The van der Waals surface area contributed by atoms with Gasteiger partial charge in [-0.2, -0.15) is 0 Å². The van der Waals surface area contributed by atoms with E-state index >= 15 is 0 Å². The second kappa shape index (κ2) is 3.73. The summed E-state index contributed by atoms with van der Waals surface area (Å²) in [5.74, 6) is 0.688. The van der Waals surface area contributed by atoms with Crippen molar-refractivity contribution < 1.29 is 4.79 Å². The van der Waals surface area contributed by atoms with Gasteiger partial charge >= 0.3 is 0 Å². The van der Waals surface area contributed by atoms with Crippen molar-refractivity contribution in [3.05, 3.63) is 30.3 Å². The fraction of sp³-hybridized carbons (Fsp3) is 0.273. The van der Waals surface area contributed by atoms with E-state index in [4.69, 9.17) is 0 Å². The van der Waals surface area contributed by atoms with Crippen LogP contribution < -0.4 is 5.43 Å². The number of hydrogen-bond acceptors (Lipinski definition) is 3. The molecule has 2 rings (SSSR count). The fourth-order valence-electron chi connectivity index (χ4n) is 1.52. The fourth-order valence-corrected chi connectivity index (χ4v) is 1.52. The van der Waals surface area contributed by atoms with E-state index in [1.54, 1.807) is 6.92 Å². The maximum absolute atomic E-state index is 11.7. The lowest BCUT2D eigenvalue weighted by Gasteiger charge is -2.18. The van der Waals surface area contributed by atoms with Gasteiger partial charge in [-0.15, -0.1) is 0 Å². The average molecular weight is 203 g/mol. The van der Waals surface area contributed by atoms with Crippen LogP contribution in [0.1, 0.15) is 13.8 Å². The van der Waals surface area contributed by atoms with Gasteiger partial charge in [-0.25, -0.2) is 5.01 Å². The molecule has 1 heterocycles. The number of amidine groups is 1. The molecule has 0 fully saturated rings. The number of aliphatic imine (C=N–C) groups is 1. The summed E-state index contributed by atoms with van der Waals surface area (Å²) in [6, 6.07) is 9.30. The van der Waals surface area contributed by atoms with Crippen molar-refractivity contribution in [1.29, 1.82) is 0 Å². The molecule has 15 heavy (non-hydrogen) atoms. The van der Waals surface area contributed by atoms with Crippen molar-refractivity contribution in [2.75, 3.05) is 5.43 Å². The zero-order valence-electron chi connectivity index (χ0n) is 8.77. The summed E-state index contributed by atoms with van der Waals surface area (Å²) in [5.41, 5.74) is 3.91. The number of carbonyl (C=O) groups excluding carboxylic acids is 1. The van der Waals surface area contributed by atoms with Crippen molar-refractivity contribution >= 4 is 17.4 Å². The van der Waals surface area contributed by atoms with Gasteiger partial charge in [-0.1, -0.05) is 18.2 Å². The molecular formula is C11H13N3O. The number of carbonyl (C=O) groups is 1. The average Bonchev–Trinajstić information content (AvgIpc) is 2.47. The Morgan fingerprint density at radius 2 is 2.00 bits per heavy atom. The first-order valence-electron chi connectivity index (χ1n) is 4.88. The Morgan fingerprint density at radius 3 is 2.53 bits per heavy atom. The van der Waals surface area contributed by atoms with Gasteiger partial charge in [0, 0.05) is 0 Å². The number of para-hydroxylation sites is 1. The lowest BCUT2D eigenvalue weighted by Crippen LogP contribution is -2.38. The minimum Gasteiger partial charge on any atom is -0.290 e. The molecule has 0 bridgehead atoms. The van der Waals surface area contributed by atoms with Crippen LogP contribution in [0.4, 0.5) is 5.69 Å². The minimum atomic E-state index is -0.277. The first kappa shape index (κ1) is 9.71. The molecule has 1 aromatic rings. The summed E-state index contributed by atoms with van der Waals surface area (Å²) in [6.45, 7) is 3.61. The van der Waals surface area contributed by atoms with Crippen molar-refractivity contribution in [3.8, 4) is 0 Å². The molecule has 4 nitrogen and oxygen atoms in total. The molecule has 0 aromatic heterocycles. The molecule has 1 aliphatic rings. The molecule has 0 aliphatic carbocycles. The van der Waals surface area contributed by atoms with Crippen LogP contribution in [0, 0.1) is 0 Å². The van der Waals surface area contributed by atoms with Gasteiger partial charge in [0.05, 0.1) is 5.69 Å². The summed E-state index contributed by atoms with van der Waals surface area (Å²) in [6.07, 6.45) is 0. The number of benzene rings is 1. The van der Waals surface area contributed by atoms with Crippen LogP contribution in [0.3, 0.4) is 0 Å². The predicted molar refractivity (Wildman–Crippen MR) is 59.5 cm³/mol. The molecule has 78 valence electrons. The van der Waals surface area contributed by atoms with Gasteiger partial charge in [0.1, 0.15) is 11.9 Å². The van der Waals surface area contributed by atoms with Crippen LogP contribution in [0.15, 0.2) is 35.3 Å². The Balaban J connectivity index is 2.14.